The molecule has 3 atom stereocenters. The highest BCUT2D eigenvalue weighted by Crippen LogP contribution is 2.38. The molecular formula is C18H21ClN4O2. The maximum Gasteiger partial charge on any atom is 0.225 e. The van der Waals surface area contributed by atoms with E-state index in [-0.39, 0.29) is 23.8 Å². The van der Waals surface area contributed by atoms with Crippen LogP contribution in [-0.4, -0.2) is 35.4 Å². The summed E-state index contributed by atoms with van der Waals surface area (Å²) < 4.78 is 7.46. The zero-order valence-corrected chi connectivity index (χ0v) is 14.8. The number of benzene rings is 1. The summed E-state index contributed by atoms with van der Waals surface area (Å²) in [6, 6.07) is 5.61. The van der Waals surface area contributed by atoms with Crippen molar-refractivity contribution in [1.29, 1.82) is 0 Å². The number of carbonyl (C=O) groups excluding carboxylic acids is 1. The van der Waals surface area contributed by atoms with E-state index in [4.69, 9.17) is 16.3 Å². The Labute approximate surface area is 151 Å². The number of aromatic nitrogens is 2. The van der Waals surface area contributed by atoms with E-state index >= 15 is 0 Å². The van der Waals surface area contributed by atoms with Crippen molar-refractivity contribution in [2.45, 2.75) is 18.4 Å². The van der Waals surface area contributed by atoms with Gasteiger partial charge in [-0.05, 0) is 11.6 Å². The van der Waals surface area contributed by atoms with Crippen LogP contribution in [0.2, 0.25) is 5.02 Å². The fourth-order valence-electron chi connectivity index (χ4n) is 3.75. The highest BCUT2D eigenvalue weighted by Gasteiger charge is 2.36. The molecule has 25 heavy (non-hydrogen) atoms. The lowest BCUT2D eigenvalue weighted by atomic mass is 9.89. The zero-order valence-electron chi connectivity index (χ0n) is 14.0. The van der Waals surface area contributed by atoms with Gasteiger partial charge in [0.25, 0.3) is 0 Å². The molecule has 0 aliphatic carbocycles. The van der Waals surface area contributed by atoms with Crippen molar-refractivity contribution in [1.82, 2.24) is 20.4 Å². The Morgan fingerprint density at radius 2 is 2.32 bits per heavy atom. The van der Waals surface area contributed by atoms with Crippen molar-refractivity contribution in [2.24, 2.45) is 13.0 Å². The van der Waals surface area contributed by atoms with Crippen LogP contribution in [0.4, 0.5) is 0 Å². The molecule has 0 spiro atoms. The van der Waals surface area contributed by atoms with Gasteiger partial charge in [0.1, 0.15) is 5.75 Å². The highest BCUT2D eigenvalue weighted by atomic mass is 35.5. The van der Waals surface area contributed by atoms with Crippen molar-refractivity contribution in [2.75, 3.05) is 19.7 Å². The Hall–Kier alpha value is -2.05. The van der Waals surface area contributed by atoms with Gasteiger partial charge in [-0.2, -0.15) is 5.10 Å². The van der Waals surface area contributed by atoms with Crippen molar-refractivity contribution in [3.63, 3.8) is 0 Å². The van der Waals surface area contributed by atoms with Crippen LogP contribution in [0.3, 0.4) is 0 Å². The molecular weight excluding hydrogens is 340 g/mol. The molecule has 2 aromatic rings. The van der Waals surface area contributed by atoms with Crippen molar-refractivity contribution in [3.8, 4) is 5.75 Å². The van der Waals surface area contributed by atoms with Crippen LogP contribution in [0.5, 0.6) is 5.75 Å². The number of nitrogens with zero attached hydrogens (tertiary/aromatic N) is 2. The fraction of sp³-hybridized carbons (Fsp3) is 0.444. The number of hydrogen-bond acceptors (Lipinski definition) is 4. The molecule has 7 heteroatoms. The Kier molecular flexibility index (Phi) is 4.39. The van der Waals surface area contributed by atoms with Crippen LogP contribution in [0.15, 0.2) is 30.6 Å². The Balaban J connectivity index is 1.52. The summed E-state index contributed by atoms with van der Waals surface area (Å²) >= 11 is 6.22. The minimum atomic E-state index is -0.102. The Bertz CT molecular complexity index is 791. The largest absolute Gasteiger partial charge is 0.492 e. The normalized spacial score (nSPS) is 25.3. The van der Waals surface area contributed by atoms with E-state index in [9.17, 15) is 4.79 Å². The van der Waals surface area contributed by atoms with Gasteiger partial charge in [0.2, 0.25) is 5.91 Å². The second kappa shape index (κ2) is 6.69. The molecule has 1 saturated heterocycles. The molecule has 1 fully saturated rings. The number of nitrogens with one attached hydrogen (secondary N) is 2. The molecule has 2 aliphatic rings. The van der Waals surface area contributed by atoms with E-state index < -0.39 is 0 Å². The lowest BCUT2D eigenvalue weighted by Crippen LogP contribution is -2.38. The average Bonchev–Trinajstić information content (AvgIpc) is 3.24. The van der Waals surface area contributed by atoms with Gasteiger partial charge < -0.3 is 15.4 Å². The number of amides is 1. The van der Waals surface area contributed by atoms with Gasteiger partial charge in [-0.15, -0.1) is 0 Å². The molecule has 1 amide bonds. The molecule has 132 valence electrons. The van der Waals surface area contributed by atoms with Crippen LogP contribution in [0.25, 0.3) is 0 Å². The second-order valence-electron chi connectivity index (χ2n) is 6.68. The molecule has 0 bridgehead atoms. The van der Waals surface area contributed by atoms with Gasteiger partial charge in [-0.1, -0.05) is 23.7 Å². The van der Waals surface area contributed by atoms with Crippen LogP contribution in [0.1, 0.15) is 29.5 Å². The van der Waals surface area contributed by atoms with Crippen molar-refractivity contribution < 1.29 is 9.53 Å². The van der Waals surface area contributed by atoms with Crippen LogP contribution >= 0.6 is 11.6 Å². The molecule has 2 aliphatic heterocycles. The summed E-state index contributed by atoms with van der Waals surface area (Å²) in [5.41, 5.74) is 2.05. The molecule has 0 radical (unpaired) electrons. The summed E-state index contributed by atoms with van der Waals surface area (Å²) in [5.74, 6) is 0.799. The Morgan fingerprint density at radius 3 is 3.12 bits per heavy atom. The molecule has 3 heterocycles. The lowest BCUT2D eigenvalue weighted by Gasteiger charge is -2.29. The Morgan fingerprint density at radius 1 is 1.44 bits per heavy atom. The van der Waals surface area contributed by atoms with Gasteiger partial charge in [-0.25, -0.2) is 0 Å². The third kappa shape index (κ3) is 3.12. The number of ether oxygens (including phenoxy) is 1. The number of para-hydroxylation sites is 1. The topological polar surface area (TPSA) is 68.2 Å². The summed E-state index contributed by atoms with van der Waals surface area (Å²) in [5, 5.41) is 11.4. The van der Waals surface area contributed by atoms with Crippen molar-refractivity contribution >= 4 is 17.5 Å². The first-order chi connectivity index (χ1) is 12.1. The predicted molar refractivity (Wildman–Crippen MR) is 94.8 cm³/mol. The van der Waals surface area contributed by atoms with Gasteiger partial charge in [0.15, 0.2) is 0 Å². The summed E-state index contributed by atoms with van der Waals surface area (Å²) in [6.45, 7) is 2.02. The highest BCUT2D eigenvalue weighted by molar-refractivity contribution is 6.32. The third-order valence-electron chi connectivity index (χ3n) is 5.05. The number of halogens is 1. The quantitative estimate of drug-likeness (QED) is 0.878. The number of hydrogen-bond donors (Lipinski definition) is 2. The first-order valence-corrected chi connectivity index (χ1v) is 8.92. The van der Waals surface area contributed by atoms with E-state index in [0.717, 1.165) is 24.1 Å². The van der Waals surface area contributed by atoms with Gasteiger partial charge in [0, 0.05) is 44.2 Å². The molecule has 1 aromatic heterocycles. The third-order valence-corrected chi connectivity index (χ3v) is 5.34. The van der Waals surface area contributed by atoms with Gasteiger partial charge >= 0.3 is 0 Å². The maximum atomic E-state index is 12.9. The zero-order chi connectivity index (χ0) is 17.4. The molecule has 0 saturated carbocycles. The van der Waals surface area contributed by atoms with E-state index in [1.54, 1.807) is 4.68 Å². The van der Waals surface area contributed by atoms with E-state index in [0.29, 0.717) is 23.9 Å². The summed E-state index contributed by atoms with van der Waals surface area (Å²) in [6.07, 6.45) is 4.58. The average molecular weight is 361 g/mol. The van der Waals surface area contributed by atoms with Gasteiger partial charge in [0.05, 0.1) is 29.8 Å². The lowest BCUT2D eigenvalue weighted by molar-refractivity contribution is -0.125. The van der Waals surface area contributed by atoms with Crippen molar-refractivity contribution in [3.05, 3.63) is 46.7 Å². The minimum absolute atomic E-state index is 0.0647. The predicted octanol–water partition coefficient (Wildman–Crippen LogP) is 2.02. The minimum Gasteiger partial charge on any atom is -0.492 e. The molecule has 1 aromatic carbocycles. The van der Waals surface area contributed by atoms with Crippen LogP contribution < -0.4 is 15.4 Å². The fourth-order valence-corrected chi connectivity index (χ4v) is 3.99. The maximum absolute atomic E-state index is 12.9. The summed E-state index contributed by atoms with van der Waals surface area (Å²) in [7, 11) is 1.89. The first-order valence-electron chi connectivity index (χ1n) is 8.54. The monoisotopic (exact) mass is 360 g/mol. The number of rotatable bonds is 3. The molecule has 1 unspecified atom stereocenters. The summed E-state index contributed by atoms with van der Waals surface area (Å²) in [4.78, 5) is 12.9. The number of fused-ring (bicyclic) bond motifs is 1. The van der Waals surface area contributed by atoms with Gasteiger partial charge in [-0.3, -0.25) is 9.48 Å². The number of aryl methyl sites for hydroxylation is 1. The molecule has 2 N–H and O–H groups in total. The second-order valence-corrected chi connectivity index (χ2v) is 7.08. The van der Waals surface area contributed by atoms with E-state index in [2.05, 4.69) is 15.7 Å². The van der Waals surface area contributed by atoms with E-state index in [1.165, 1.54) is 0 Å². The SMILES string of the molecule is Cn1cc([C@H]2CNC[C@@H]2C(=O)NC2CCOc3c(Cl)cccc32)cn1. The van der Waals surface area contributed by atoms with Crippen LogP contribution in [-0.2, 0) is 11.8 Å². The standard InChI is InChI=1S/C18H21ClN4O2/c1-23-10-11(7-21-23)13-8-20-9-14(13)18(24)22-16-5-6-25-17-12(16)3-2-4-15(17)19/h2-4,7,10,13-14,16,20H,5-6,8-9H2,1H3,(H,22,24)/t13-,14+,16?/m1/s1. The van der Waals surface area contributed by atoms with Crippen LogP contribution in [0, 0.1) is 5.92 Å². The van der Waals surface area contributed by atoms with E-state index in [1.807, 2.05) is 37.6 Å². The molecule has 6 nitrogen and oxygen atoms in total. The molecule has 4 rings (SSSR count). The first kappa shape index (κ1) is 16.4. The number of carbonyl (C=O) groups is 1. The smallest absolute Gasteiger partial charge is 0.225 e.